The van der Waals surface area contributed by atoms with Gasteiger partial charge in [0, 0.05) is 12.1 Å². The maximum absolute atomic E-state index is 12.9. The van der Waals surface area contributed by atoms with Gasteiger partial charge in [-0.25, -0.2) is 13.1 Å². The highest BCUT2D eigenvalue weighted by Gasteiger charge is 2.52. The lowest BCUT2D eigenvalue weighted by molar-refractivity contribution is -0.384. The first-order valence-electron chi connectivity index (χ1n) is 10.5. The summed E-state index contributed by atoms with van der Waals surface area (Å²) in [6, 6.07) is 4.07. The Morgan fingerprint density at radius 1 is 1.09 bits per heavy atom. The largest absolute Gasteiger partial charge is 0.408 e. The minimum atomic E-state index is -3.95. The number of fused-ring (bicyclic) bond motifs is 1. The summed E-state index contributed by atoms with van der Waals surface area (Å²) in [5.74, 6) is -0.895. The molecule has 1 fully saturated rings. The average Bonchev–Trinajstić information content (AvgIpc) is 2.98. The zero-order chi connectivity index (χ0) is 24.1. The van der Waals surface area contributed by atoms with Crippen LogP contribution in [-0.2, 0) is 23.9 Å². The van der Waals surface area contributed by atoms with Gasteiger partial charge < -0.3 is 13.9 Å². The quantitative estimate of drug-likeness (QED) is 0.283. The molecule has 11 heteroatoms. The van der Waals surface area contributed by atoms with Crippen molar-refractivity contribution < 1.29 is 27.2 Å². The lowest BCUT2D eigenvalue weighted by Crippen LogP contribution is -2.55. The monoisotopic (exact) mass is 484 g/mol. The first-order valence-corrected chi connectivity index (χ1v) is 14.9. The SMILES string of the molecule is CC1(C)O[C@@H]2[C@H](O1)[C@@H](O[Si](C)(C)C(C)(C)C)C=C[C@H]2NS(=O)(=O)c1ccc([N+](=O)[O-])cc1. The zero-order valence-corrected chi connectivity index (χ0v) is 21.3. The number of ether oxygens (including phenoxy) is 2. The van der Waals surface area contributed by atoms with Gasteiger partial charge in [0.2, 0.25) is 10.0 Å². The van der Waals surface area contributed by atoms with E-state index in [0.29, 0.717) is 0 Å². The molecule has 178 valence electrons. The van der Waals surface area contributed by atoms with Gasteiger partial charge in [0.1, 0.15) is 12.2 Å². The molecule has 1 N–H and O–H groups in total. The normalized spacial score (nSPS) is 27.8. The number of non-ortho nitro benzene ring substituents is 1. The molecule has 2 aliphatic rings. The van der Waals surface area contributed by atoms with Crippen molar-refractivity contribution in [2.75, 3.05) is 0 Å². The van der Waals surface area contributed by atoms with Gasteiger partial charge in [-0.15, -0.1) is 0 Å². The predicted octanol–water partition coefficient (Wildman–Crippen LogP) is 3.72. The fraction of sp³-hybridized carbons (Fsp3) is 0.619. The van der Waals surface area contributed by atoms with Crippen molar-refractivity contribution in [1.29, 1.82) is 0 Å². The average molecular weight is 485 g/mol. The number of sulfonamides is 1. The highest BCUT2D eigenvalue weighted by Crippen LogP contribution is 2.42. The van der Waals surface area contributed by atoms with Crippen LogP contribution in [0.2, 0.25) is 18.1 Å². The van der Waals surface area contributed by atoms with E-state index in [9.17, 15) is 18.5 Å². The number of benzene rings is 1. The third-order valence-corrected chi connectivity index (χ3v) is 12.2. The van der Waals surface area contributed by atoms with E-state index >= 15 is 0 Å². The number of rotatable bonds is 6. The van der Waals surface area contributed by atoms with Crippen molar-refractivity contribution in [2.24, 2.45) is 0 Å². The van der Waals surface area contributed by atoms with E-state index in [4.69, 9.17) is 13.9 Å². The topological polar surface area (TPSA) is 117 Å². The summed E-state index contributed by atoms with van der Waals surface area (Å²) in [6.07, 6.45) is 2.16. The van der Waals surface area contributed by atoms with E-state index in [1.807, 2.05) is 6.08 Å². The number of nitrogens with zero attached hydrogens (tertiary/aromatic N) is 1. The highest BCUT2D eigenvalue weighted by molar-refractivity contribution is 7.89. The van der Waals surface area contributed by atoms with E-state index in [1.165, 1.54) is 12.1 Å². The van der Waals surface area contributed by atoms with Crippen LogP contribution in [0.4, 0.5) is 5.69 Å². The molecule has 0 unspecified atom stereocenters. The Labute approximate surface area is 190 Å². The van der Waals surface area contributed by atoms with E-state index in [2.05, 4.69) is 38.6 Å². The Hall–Kier alpha value is -1.63. The number of nitro benzene ring substituents is 1. The second kappa shape index (κ2) is 8.30. The van der Waals surface area contributed by atoms with Crippen LogP contribution in [0.25, 0.3) is 0 Å². The predicted molar refractivity (Wildman–Crippen MR) is 122 cm³/mol. The molecule has 3 rings (SSSR count). The van der Waals surface area contributed by atoms with E-state index < -0.39 is 47.3 Å². The molecule has 1 aromatic rings. The number of nitrogens with one attached hydrogen (secondary N) is 1. The van der Waals surface area contributed by atoms with Crippen molar-refractivity contribution in [1.82, 2.24) is 4.72 Å². The Balaban J connectivity index is 1.85. The van der Waals surface area contributed by atoms with Crippen molar-refractivity contribution in [3.05, 3.63) is 46.5 Å². The second-order valence-corrected chi connectivity index (χ2v) is 16.7. The molecule has 1 aromatic carbocycles. The molecule has 0 radical (unpaired) electrons. The van der Waals surface area contributed by atoms with E-state index in [0.717, 1.165) is 12.1 Å². The van der Waals surface area contributed by atoms with Gasteiger partial charge in [-0.2, -0.15) is 0 Å². The number of hydrogen-bond donors (Lipinski definition) is 1. The van der Waals surface area contributed by atoms with E-state index in [1.54, 1.807) is 19.9 Å². The summed E-state index contributed by atoms with van der Waals surface area (Å²) in [4.78, 5) is 10.2. The molecular formula is C21H32N2O7SSi. The van der Waals surface area contributed by atoms with Crippen molar-refractivity contribution in [2.45, 2.75) is 87.8 Å². The first kappa shape index (κ1) is 25.0. The smallest absolute Gasteiger partial charge is 0.269 e. The maximum Gasteiger partial charge on any atom is 0.269 e. The molecule has 32 heavy (non-hydrogen) atoms. The molecule has 0 bridgehead atoms. The molecule has 1 saturated heterocycles. The Morgan fingerprint density at radius 3 is 2.19 bits per heavy atom. The van der Waals surface area contributed by atoms with Gasteiger partial charge in [0.05, 0.1) is 22.0 Å². The van der Waals surface area contributed by atoms with Crippen LogP contribution >= 0.6 is 0 Å². The first-order chi connectivity index (χ1) is 14.5. The summed E-state index contributed by atoms with van der Waals surface area (Å²) in [6.45, 7) is 14.3. The summed E-state index contributed by atoms with van der Waals surface area (Å²) in [5.41, 5.74) is -0.179. The van der Waals surface area contributed by atoms with Crippen LogP contribution in [0.1, 0.15) is 34.6 Å². The van der Waals surface area contributed by atoms with Gasteiger partial charge >= 0.3 is 0 Å². The highest BCUT2D eigenvalue weighted by atomic mass is 32.2. The van der Waals surface area contributed by atoms with Gasteiger partial charge in [0.15, 0.2) is 14.1 Å². The van der Waals surface area contributed by atoms with Gasteiger partial charge in [-0.1, -0.05) is 32.9 Å². The Morgan fingerprint density at radius 2 is 1.66 bits per heavy atom. The van der Waals surface area contributed by atoms with Crippen molar-refractivity contribution >= 4 is 24.0 Å². The summed E-state index contributed by atoms with van der Waals surface area (Å²) in [7, 11) is -6.06. The lowest BCUT2D eigenvalue weighted by Gasteiger charge is -2.42. The number of nitro groups is 1. The molecule has 1 heterocycles. The van der Waals surface area contributed by atoms with Gasteiger partial charge in [-0.3, -0.25) is 10.1 Å². The lowest BCUT2D eigenvalue weighted by atomic mass is 9.95. The molecule has 1 aliphatic heterocycles. The Bertz CT molecular complexity index is 1000. The molecule has 4 atom stereocenters. The Kier molecular flexibility index (Phi) is 6.48. The fourth-order valence-corrected chi connectivity index (χ4v) is 5.97. The molecule has 0 aromatic heterocycles. The molecule has 1 aliphatic carbocycles. The standard InChI is InChI=1S/C21H32N2O7SSi/c1-20(2,3)32(6,7)30-17-13-12-16(18-19(17)29-21(4,5)28-18)22-31(26,27)15-10-8-14(9-11-15)23(24)25/h8-13,16-19,22H,1-7H3/t16-,17+,18+,19-/m1/s1. The van der Waals surface area contributed by atoms with Crippen LogP contribution in [0.5, 0.6) is 0 Å². The van der Waals surface area contributed by atoms with Crippen molar-refractivity contribution in [3.8, 4) is 0 Å². The maximum atomic E-state index is 12.9. The van der Waals surface area contributed by atoms with Crippen LogP contribution in [0.3, 0.4) is 0 Å². The second-order valence-electron chi connectivity index (χ2n) is 10.2. The van der Waals surface area contributed by atoms with Crippen molar-refractivity contribution in [3.63, 3.8) is 0 Å². The molecule has 9 nitrogen and oxygen atoms in total. The molecule has 0 spiro atoms. The van der Waals surface area contributed by atoms with Gasteiger partial charge in [0.25, 0.3) is 5.69 Å². The number of hydrogen-bond acceptors (Lipinski definition) is 7. The molecular weight excluding hydrogens is 452 g/mol. The third-order valence-electron chi connectivity index (χ3n) is 6.24. The zero-order valence-electron chi connectivity index (χ0n) is 19.5. The minimum absolute atomic E-state index is 0.000323. The third kappa shape index (κ3) is 5.13. The van der Waals surface area contributed by atoms with Crippen LogP contribution in [0, 0.1) is 10.1 Å². The van der Waals surface area contributed by atoms with Crippen LogP contribution in [0.15, 0.2) is 41.3 Å². The molecule has 0 saturated carbocycles. The summed E-state index contributed by atoms with van der Waals surface area (Å²) < 4.78 is 47.3. The van der Waals surface area contributed by atoms with E-state index in [-0.39, 0.29) is 21.7 Å². The van der Waals surface area contributed by atoms with Crippen LogP contribution < -0.4 is 4.72 Å². The fourth-order valence-electron chi connectivity index (χ4n) is 3.52. The summed E-state index contributed by atoms with van der Waals surface area (Å²) in [5, 5.41) is 10.8. The van der Waals surface area contributed by atoms with Gasteiger partial charge in [-0.05, 0) is 44.1 Å². The molecule has 0 amide bonds. The summed E-state index contributed by atoms with van der Waals surface area (Å²) >= 11 is 0. The van der Waals surface area contributed by atoms with Crippen LogP contribution in [-0.4, -0.2) is 51.8 Å². The minimum Gasteiger partial charge on any atom is -0.408 e.